The molecule has 0 amide bonds. The van der Waals surface area contributed by atoms with Crippen molar-refractivity contribution in [1.29, 1.82) is 0 Å². The molecule has 0 aliphatic carbocycles. The van der Waals surface area contributed by atoms with E-state index in [1.165, 1.54) is 0 Å². The first-order chi connectivity index (χ1) is 8.04. The number of aryl methyl sites for hydroxylation is 1. The number of aliphatic hydroxyl groups excluding tert-OH is 1. The SMILES string of the molecule is CC(C)C(N)CCCc1ccc(O)c(CO)c1. The summed E-state index contributed by atoms with van der Waals surface area (Å²) in [6.45, 7) is 4.15. The Bertz CT molecular complexity index is 350. The monoisotopic (exact) mass is 237 g/mol. The maximum Gasteiger partial charge on any atom is 0.121 e. The zero-order valence-electron chi connectivity index (χ0n) is 10.7. The summed E-state index contributed by atoms with van der Waals surface area (Å²) < 4.78 is 0. The molecule has 0 aliphatic rings. The second kappa shape index (κ2) is 6.62. The van der Waals surface area contributed by atoms with Crippen LogP contribution in [0, 0.1) is 5.92 Å². The number of phenols is 1. The average Bonchev–Trinajstić information content (AvgIpc) is 2.31. The van der Waals surface area contributed by atoms with E-state index in [1.807, 2.05) is 12.1 Å². The van der Waals surface area contributed by atoms with Gasteiger partial charge in [0.1, 0.15) is 5.75 Å². The summed E-state index contributed by atoms with van der Waals surface area (Å²) in [4.78, 5) is 0. The summed E-state index contributed by atoms with van der Waals surface area (Å²) in [6.07, 6.45) is 2.98. The van der Waals surface area contributed by atoms with Gasteiger partial charge in [-0.1, -0.05) is 19.9 Å². The van der Waals surface area contributed by atoms with Gasteiger partial charge in [0.05, 0.1) is 6.61 Å². The second-order valence-electron chi connectivity index (χ2n) is 4.92. The molecule has 3 nitrogen and oxygen atoms in total. The maximum atomic E-state index is 9.44. The summed E-state index contributed by atoms with van der Waals surface area (Å²) in [7, 11) is 0. The molecule has 1 unspecified atom stereocenters. The van der Waals surface area contributed by atoms with Crippen LogP contribution < -0.4 is 5.73 Å². The molecule has 0 saturated carbocycles. The fourth-order valence-corrected chi connectivity index (χ4v) is 1.80. The highest BCUT2D eigenvalue weighted by molar-refractivity contribution is 5.35. The predicted molar refractivity (Wildman–Crippen MR) is 69.8 cm³/mol. The minimum absolute atomic E-state index is 0.120. The van der Waals surface area contributed by atoms with E-state index < -0.39 is 0 Å². The van der Waals surface area contributed by atoms with Crippen molar-refractivity contribution in [2.24, 2.45) is 11.7 Å². The van der Waals surface area contributed by atoms with Crippen LogP contribution in [-0.4, -0.2) is 16.3 Å². The number of rotatable bonds is 6. The maximum absolute atomic E-state index is 9.44. The lowest BCUT2D eigenvalue weighted by atomic mass is 9.97. The second-order valence-corrected chi connectivity index (χ2v) is 4.92. The standard InChI is InChI=1S/C14H23NO2/c1-10(2)13(15)5-3-4-11-6-7-14(17)12(8-11)9-16/h6-8,10,13,16-17H,3-5,9,15H2,1-2H3. The van der Waals surface area contributed by atoms with Gasteiger partial charge in [-0.25, -0.2) is 0 Å². The number of hydrogen-bond acceptors (Lipinski definition) is 3. The molecule has 1 rings (SSSR count). The molecule has 0 aliphatic heterocycles. The van der Waals surface area contributed by atoms with Crippen molar-refractivity contribution in [2.75, 3.05) is 0 Å². The van der Waals surface area contributed by atoms with Gasteiger partial charge in [-0.3, -0.25) is 0 Å². The van der Waals surface area contributed by atoms with Crippen molar-refractivity contribution in [3.8, 4) is 5.75 Å². The Morgan fingerprint density at radius 3 is 2.59 bits per heavy atom. The van der Waals surface area contributed by atoms with Crippen LogP contribution in [0.1, 0.15) is 37.8 Å². The largest absolute Gasteiger partial charge is 0.508 e. The third-order valence-electron chi connectivity index (χ3n) is 3.17. The van der Waals surface area contributed by atoms with Crippen LogP contribution in [0.15, 0.2) is 18.2 Å². The Morgan fingerprint density at radius 2 is 2.00 bits per heavy atom. The number of aromatic hydroxyl groups is 1. The van der Waals surface area contributed by atoms with Crippen molar-refractivity contribution >= 4 is 0 Å². The lowest BCUT2D eigenvalue weighted by molar-refractivity contribution is 0.275. The summed E-state index contributed by atoms with van der Waals surface area (Å²) in [5, 5.41) is 18.5. The van der Waals surface area contributed by atoms with E-state index in [1.54, 1.807) is 6.07 Å². The van der Waals surface area contributed by atoms with Gasteiger partial charge in [-0.2, -0.15) is 0 Å². The minimum atomic E-state index is -0.120. The average molecular weight is 237 g/mol. The van der Waals surface area contributed by atoms with Crippen molar-refractivity contribution in [3.05, 3.63) is 29.3 Å². The zero-order chi connectivity index (χ0) is 12.8. The highest BCUT2D eigenvalue weighted by Gasteiger charge is 2.07. The number of benzene rings is 1. The molecule has 4 N–H and O–H groups in total. The fourth-order valence-electron chi connectivity index (χ4n) is 1.80. The van der Waals surface area contributed by atoms with Gasteiger partial charge in [-0.15, -0.1) is 0 Å². The fraction of sp³-hybridized carbons (Fsp3) is 0.571. The number of nitrogens with two attached hydrogens (primary N) is 1. The van der Waals surface area contributed by atoms with Crippen LogP contribution in [0.2, 0.25) is 0 Å². The van der Waals surface area contributed by atoms with Crippen LogP contribution in [0.4, 0.5) is 0 Å². The molecule has 0 heterocycles. The van der Waals surface area contributed by atoms with Gasteiger partial charge in [0.25, 0.3) is 0 Å². The molecule has 1 aromatic rings. The predicted octanol–water partition coefficient (Wildman–Crippen LogP) is 2.19. The molecule has 1 aromatic carbocycles. The van der Waals surface area contributed by atoms with Crippen molar-refractivity contribution in [1.82, 2.24) is 0 Å². The molecule has 0 aromatic heterocycles. The van der Waals surface area contributed by atoms with Gasteiger partial charge in [0.15, 0.2) is 0 Å². The first-order valence-corrected chi connectivity index (χ1v) is 6.21. The summed E-state index contributed by atoms with van der Waals surface area (Å²) in [5.41, 5.74) is 7.72. The van der Waals surface area contributed by atoms with E-state index in [2.05, 4.69) is 13.8 Å². The Kier molecular flexibility index (Phi) is 5.45. The van der Waals surface area contributed by atoms with Gasteiger partial charge in [-0.05, 0) is 42.9 Å². The topological polar surface area (TPSA) is 66.5 Å². The molecular formula is C14H23NO2. The van der Waals surface area contributed by atoms with Crippen molar-refractivity contribution < 1.29 is 10.2 Å². The Balaban J connectivity index is 2.47. The molecule has 17 heavy (non-hydrogen) atoms. The molecule has 0 spiro atoms. The van der Waals surface area contributed by atoms with Crippen molar-refractivity contribution in [2.45, 2.75) is 45.8 Å². The van der Waals surface area contributed by atoms with Crippen LogP contribution in [0.5, 0.6) is 5.75 Å². The first kappa shape index (κ1) is 14.0. The van der Waals surface area contributed by atoms with Crippen LogP contribution in [0.25, 0.3) is 0 Å². The highest BCUT2D eigenvalue weighted by atomic mass is 16.3. The Labute approximate surface area is 103 Å². The molecule has 3 heteroatoms. The smallest absolute Gasteiger partial charge is 0.121 e. The van der Waals surface area contributed by atoms with Crippen molar-refractivity contribution in [3.63, 3.8) is 0 Å². The summed E-state index contributed by atoms with van der Waals surface area (Å²) >= 11 is 0. The minimum Gasteiger partial charge on any atom is -0.508 e. The van der Waals surface area contributed by atoms with E-state index in [0.29, 0.717) is 11.5 Å². The molecule has 96 valence electrons. The Morgan fingerprint density at radius 1 is 1.29 bits per heavy atom. The summed E-state index contributed by atoms with van der Waals surface area (Å²) in [5.74, 6) is 0.679. The molecule has 0 saturated heterocycles. The third-order valence-corrected chi connectivity index (χ3v) is 3.17. The normalized spacial score (nSPS) is 13.0. The van der Waals surface area contributed by atoms with Gasteiger partial charge < -0.3 is 15.9 Å². The van der Waals surface area contributed by atoms with Gasteiger partial charge >= 0.3 is 0 Å². The highest BCUT2D eigenvalue weighted by Crippen LogP contribution is 2.20. The molecule has 1 atom stereocenters. The van der Waals surface area contributed by atoms with E-state index in [4.69, 9.17) is 10.8 Å². The Hall–Kier alpha value is -1.06. The number of aliphatic hydroxyl groups is 1. The molecule has 0 fully saturated rings. The van der Waals surface area contributed by atoms with Crippen LogP contribution >= 0.6 is 0 Å². The zero-order valence-corrected chi connectivity index (χ0v) is 10.7. The lowest BCUT2D eigenvalue weighted by Crippen LogP contribution is -2.26. The molecular weight excluding hydrogens is 214 g/mol. The third kappa shape index (κ3) is 4.36. The van der Waals surface area contributed by atoms with Gasteiger partial charge in [0, 0.05) is 11.6 Å². The lowest BCUT2D eigenvalue weighted by Gasteiger charge is -2.15. The van der Waals surface area contributed by atoms with Crippen LogP contribution in [-0.2, 0) is 13.0 Å². The van der Waals surface area contributed by atoms with Crippen LogP contribution in [0.3, 0.4) is 0 Å². The quantitative estimate of drug-likeness (QED) is 0.710. The van der Waals surface area contributed by atoms with E-state index >= 15 is 0 Å². The number of hydrogen-bond donors (Lipinski definition) is 3. The first-order valence-electron chi connectivity index (χ1n) is 6.21. The van der Waals surface area contributed by atoms with E-state index in [0.717, 1.165) is 24.8 Å². The van der Waals surface area contributed by atoms with E-state index in [9.17, 15) is 5.11 Å². The van der Waals surface area contributed by atoms with Gasteiger partial charge in [0.2, 0.25) is 0 Å². The summed E-state index contributed by atoms with van der Waals surface area (Å²) in [6, 6.07) is 5.65. The van der Waals surface area contributed by atoms with E-state index in [-0.39, 0.29) is 18.4 Å². The molecule has 0 bridgehead atoms. The molecule has 0 radical (unpaired) electrons.